The van der Waals surface area contributed by atoms with Crippen molar-refractivity contribution in [2.45, 2.75) is 19.0 Å². The highest BCUT2D eigenvalue weighted by molar-refractivity contribution is 6.07. The zero-order valence-electron chi connectivity index (χ0n) is 13.4. The van der Waals surface area contributed by atoms with Gasteiger partial charge in [0.15, 0.2) is 0 Å². The molecule has 0 unspecified atom stereocenters. The third kappa shape index (κ3) is 2.60. The first-order chi connectivity index (χ1) is 11.5. The number of hydrogen-bond donors (Lipinski definition) is 1. The van der Waals surface area contributed by atoms with Crippen molar-refractivity contribution in [2.24, 2.45) is 0 Å². The SMILES string of the molecule is COc1ccc([C@]2(C)NC(=O)N(Cc3ccccc3F)C2=O)cc1. The van der Waals surface area contributed by atoms with Gasteiger partial charge in [0, 0.05) is 5.56 Å². The lowest BCUT2D eigenvalue weighted by Crippen LogP contribution is -2.40. The first-order valence-corrected chi connectivity index (χ1v) is 7.48. The number of urea groups is 1. The smallest absolute Gasteiger partial charge is 0.325 e. The minimum Gasteiger partial charge on any atom is -0.497 e. The van der Waals surface area contributed by atoms with Gasteiger partial charge in [-0.3, -0.25) is 9.69 Å². The largest absolute Gasteiger partial charge is 0.497 e. The minimum atomic E-state index is -1.19. The second kappa shape index (κ2) is 5.96. The van der Waals surface area contributed by atoms with E-state index in [0.29, 0.717) is 16.9 Å². The quantitative estimate of drug-likeness (QED) is 0.878. The summed E-state index contributed by atoms with van der Waals surface area (Å²) in [4.78, 5) is 26.1. The number of ether oxygens (including phenoxy) is 1. The normalized spacial score (nSPS) is 20.2. The molecule has 0 aliphatic carbocycles. The summed E-state index contributed by atoms with van der Waals surface area (Å²) in [7, 11) is 1.55. The van der Waals surface area contributed by atoms with Crippen LogP contribution in [0.1, 0.15) is 18.1 Å². The topological polar surface area (TPSA) is 58.6 Å². The fourth-order valence-corrected chi connectivity index (χ4v) is 2.76. The zero-order valence-corrected chi connectivity index (χ0v) is 13.4. The van der Waals surface area contributed by atoms with Crippen molar-refractivity contribution in [2.75, 3.05) is 7.11 Å². The van der Waals surface area contributed by atoms with Gasteiger partial charge in [-0.25, -0.2) is 9.18 Å². The van der Waals surface area contributed by atoms with E-state index in [-0.39, 0.29) is 6.54 Å². The number of nitrogens with one attached hydrogen (secondary N) is 1. The highest BCUT2D eigenvalue weighted by Crippen LogP contribution is 2.31. The molecule has 0 bridgehead atoms. The summed E-state index contributed by atoms with van der Waals surface area (Å²) < 4.78 is 18.9. The van der Waals surface area contributed by atoms with Gasteiger partial charge in [0.2, 0.25) is 0 Å². The Morgan fingerprint density at radius 2 is 1.79 bits per heavy atom. The number of amides is 3. The Bertz CT molecular complexity index is 791. The highest BCUT2D eigenvalue weighted by atomic mass is 19.1. The number of nitrogens with zero attached hydrogens (tertiary/aromatic N) is 1. The van der Waals surface area contributed by atoms with Gasteiger partial charge in [-0.15, -0.1) is 0 Å². The summed E-state index contributed by atoms with van der Waals surface area (Å²) in [6.45, 7) is 1.53. The van der Waals surface area contributed by atoms with Crippen molar-refractivity contribution in [3.63, 3.8) is 0 Å². The lowest BCUT2D eigenvalue weighted by molar-refractivity contribution is -0.131. The van der Waals surface area contributed by atoms with Crippen molar-refractivity contribution in [3.8, 4) is 5.75 Å². The number of carbonyl (C=O) groups is 2. The van der Waals surface area contributed by atoms with Crippen LogP contribution >= 0.6 is 0 Å². The van der Waals surface area contributed by atoms with Crippen molar-refractivity contribution < 1.29 is 18.7 Å². The maximum atomic E-state index is 13.8. The van der Waals surface area contributed by atoms with Gasteiger partial charge in [-0.1, -0.05) is 30.3 Å². The molecule has 1 atom stereocenters. The van der Waals surface area contributed by atoms with Crippen molar-refractivity contribution >= 4 is 11.9 Å². The van der Waals surface area contributed by atoms with E-state index < -0.39 is 23.3 Å². The van der Waals surface area contributed by atoms with Crippen LogP contribution in [-0.4, -0.2) is 23.9 Å². The third-order valence-electron chi connectivity index (χ3n) is 4.23. The van der Waals surface area contributed by atoms with Crippen molar-refractivity contribution in [1.29, 1.82) is 0 Å². The zero-order chi connectivity index (χ0) is 17.3. The van der Waals surface area contributed by atoms with E-state index >= 15 is 0 Å². The molecule has 3 amide bonds. The summed E-state index contributed by atoms with van der Waals surface area (Å²) in [6, 6.07) is 12.4. The maximum absolute atomic E-state index is 13.8. The van der Waals surface area contributed by atoms with E-state index in [4.69, 9.17) is 4.74 Å². The lowest BCUT2D eigenvalue weighted by atomic mass is 9.92. The molecule has 1 N–H and O–H groups in total. The van der Waals surface area contributed by atoms with E-state index in [1.165, 1.54) is 6.07 Å². The van der Waals surface area contributed by atoms with Crippen molar-refractivity contribution in [1.82, 2.24) is 10.2 Å². The molecule has 124 valence electrons. The Morgan fingerprint density at radius 3 is 2.42 bits per heavy atom. The average Bonchev–Trinajstić information content (AvgIpc) is 2.81. The molecular weight excluding hydrogens is 311 g/mol. The standard InChI is InChI=1S/C18H17FN2O3/c1-18(13-7-9-14(24-2)10-8-13)16(22)21(17(23)20-18)11-12-5-3-4-6-15(12)19/h3-10H,11H2,1-2H3,(H,20,23)/t18-/m0/s1. The lowest BCUT2D eigenvalue weighted by Gasteiger charge is -2.22. The number of halogens is 1. The Kier molecular flexibility index (Phi) is 3.97. The molecule has 2 aromatic rings. The molecule has 1 aliphatic rings. The van der Waals surface area contributed by atoms with Gasteiger partial charge in [-0.05, 0) is 30.7 Å². The average molecular weight is 328 g/mol. The molecular formula is C18H17FN2O3. The number of methoxy groups -OCH3 is 1. The van der Waals surface area contributed by atoms with Crippen LogP contribution < -0.4 is 10.1 Å². The summed E-state index contributed by atoms with van der Waals surface area (Å²) in [5, 5.41) is 2.70. The van der Waals surface area contributed by atoms with Crippen LogP contribution in [0.3, 0.4) is 0 Å². The van der Waals surface area contributed by atoms with E-state index in [9.17, 15) is 14.0 Å². The van der Waals surface area contributed by atoms with Crippen LogP contribution in [0.5, 0.6) is 5.75 Å². The molecule has 1 heterocycles. The molecule has 1 aliphatic heterocycles. The van der Waals surface area contributed by atoms with Gasteiger partial charge in [0.25, 0.3) is 5.91 Å². The van der Waals surface area contributed by atoms with E-state index in [1.807, 2.05) is 0 Å². The second-order valence-electron chi connectivity index (χ2n) is 5.77. The summed E-state index contributed by atoms with van der Waals surface area (Å²) in [6.07, 6.45) is 0. The first kappa shape index (κ1) is 16.0. The molecule has 6 heteroatoms. The van der Waals surface area contributed by atoms with Crippen LogP contribution in [0.15, 0.2) is 48.5 Å². The molecule has 0 aromatic heterocycles. The fourth-order valence-electron chi connectivity index (χ4n) is 2.76. The number of hydrogen-bond acceptors (Lipinski definition) is 3. The van der Waals surface area contributed by atoms with E-state index in [2.05, 4.69) is 5.32 Å². The number of benzene rings is 2. The predicted octanol–water partition coefficient (Wildman–Crippen LogP) is 2.80. The van der Waals surface area contributed by atoms with Gasteiger partial charge in [-0.2, -0.15) is 0 Å². The van der Waals surface area contributed by atoms with Gasteiger partial charge >= 0.3 is 6.03 Å². The molecule has 24 heavy (non-hydrogen) atoms. The van der Waals surface area contributed by atoms with Gasteiger partial charge < -0.3 is 10.1 Å². The summed E-state index contributed by atoms with van der Waals surface area (Å²) in [5.74, 6) is -0.209. The second-order valence-corrected chi connectivity index (χ2v) is 5.77. The molecule has 1 fully saturated rings. The van der Waals surface area contributed by atoms with Crippen molar-refractivity contribution in [3.05, 3.63) is 65.5 Å². The van der Waals surface area contributed by atoms with Crippen LogP contribution in [-0.2, 0) is 16.9 Å². The Balaban J connectivity index is 1.88. The monoisotopic (exact) mass is 328 g/mol. The Hall–Kier alpha value is -2.89. The summed E-state index contributed by atoms with van der Waals surface area (Å²) >= 11 is 0. The number of carbonyl (C=O) groups excluding carboxylic acids is 2. The highest BCUT2D eigenvalue weighted by Gasteiger charge is 2.49. The third-order valence-corrected chi connectivity index (χ3v) is 4.23. The van der Waals surface area contributed by atoms with Crippen LogP contribution in [0, 0.1) is 5.82 Å². The Labute approximate surface area is 139 Å². The molecule has 2 aromatic carbocycles. The predicted molar refractivity (Wildman–Crippen MR) is 85.8 cm³/mol. The minimum absolute atomic E-state index is 0.108. The van der Waals surface area contributed by atoms with Crippen LogP contribution in [0.4, 0.5) is 9.18 Å². The fraction of sp³-hybridized carbons (Fsp3) is 0.222. The van der Waals surface area contributed by atoms with Gasteiger partial charge in [0.05, 0.1) is 13.7 Å². The molecule has 3 rings (SSSR count). The summed E-state index contributed by atoms with van der Waals surface area (Å²) in [5.41, 5.74) is -0.258. The van der Waals surface area contributed by atoms with Gasteiger partial charge in [0.1, 0.15) is 17.1 Å². The molecule has 0 radical (unpaired) electrons. The molecule has 5 nitrogen and oxygen atoms in total. The molecule has 1 saturated heterocycles. The molecule has 0 saturated carbocycles. The number of rotatable bonds is 4. The van der Waals surface area contributed by atoms with Crippen LogP contribution in [0.2, 0.25) is 0 Å². The van der Waals surface area contributed by atoms with E-state index in [0.717, 1.165) is 4.90 Å². The van der Waals surface area contributed by atoms with Crippen LogP contribution in [0.25, 0.3) is 0 Å². The van der Waals surface area contributed by atoms with E-state index in [1.54, 1.807) is 56.5 Å². The first-order valence-electron chi connectivity index (χ1n) is 7.48. The molecule has 0 spiro atoms. The Morgan fingerprint density at radius 1 is 1.12 bits per heavy atom. The number of imide groups is 1. The maximum Gasteiger partial charge on any atom is 0.325 e.